The molecule has 0 saturated carbocycles. The Labute approximate surface area is 215 Å². The summed E-state index contributed by atoms with van der Waals surface area (Å²) in [5.74, 6) is -0.265. The second kappa shape index (κ2) is 10.3. The SMILES string of the molecule is CC1CN(C(C(=O)N2CCCCC2)c2ccc(F)cc2)CCN1c1cc(=O)n(C)c2ccc(C#N)nc12. The number of nitriles is 1. The van der Waals surface area contributed by atoms with E-state index in [1.54, 1.807) is 37.4 Å². The number of hydrogen-bond acceptors (Lipinski definition) is 6. The lowest BCUT2D eigenvalue weighted by atomic mass is 9.99. The predicted molar refractivity (Wildman–Crippen MR) is 140 cm³/mol. The van der Waals surface area contributed by atoms with Gasteiger partial charge in [0.2, 0.25) is 5.91 Å². The van der Waals surface area contributed by atoms with Crippen molar-refractivity contribution in [3.8, 4) is 6.07 Å². The molecule has 2 atom stereocenters. The van der Waals surface area contributed by atoms with Crippen LogP contribution in [0.1, 0.15) is 43.5 Å². The zero-order chi connectivity index (χ0) is 26.1. The number of nitrogens with zero attached hydrogens (tertiary/aromatic N) is 6. The summed E-state index contributed by atoms with van der Waals surface area (Å²) in [7, 11) is 1.70. The van der Waals surface area contributed by atoms with Crippen molar-refractivity contribution in [1.29, 1.82) is 5.26 Å². The molecule has 2 unspecified atom stereocenters. The zero-order valence-corrected chi connectivity index (χ0v) is 21.2. The number of halogens is 1. The van der Waals surface area contributed by atoms with E-state index in [0.717, 1.165) is 37.9 Å². The van der Waals surface area contributed by atoms with Crippen molar-refractivity contribution in [2.24, 2.45) is 7.05 Å². The van der Waals surface area contributed by atoms with Gasteiger partial charge in [-0.3, -0.25) is 14.5 Å². The number of hydrogen-bond donors (Lipinski definition) is 0. The third kappa shape index (κ3) is 4.81. The van der Waals surface area contributed by atoms with Gasteiger partial charge in [0.15, 0.2) is 0 Å². The molecule has 37 heavy (non-hydrogen) atoms. The number of aryl methyl sites for hydroxylation is 1. The lowest BCUT2D eigenvalue weighted by molar-refractivity contribution is -0.138. The maximum Gasteiger partial charge on any atom is 0.252 e. The maximum absolute atomic E-state index is 13.8. The van der Waals surface area contributed by atoms with Gasteiger partial charge in [0.05, 0.1) is 11.2 Å². The second-order valence-electron chi connectivity index (χ2n) is 9.98. The molecule has 5 rings (SSSR count). The van der Waals surface area contributed by atoms with Crippen LogP contribution in [0, 0.1) is 17.1 Å². The van der Waals surface area contributed by atoms with Gasteiger partial charge >= 0.3 is 0 Å². The summed E-state index contributed by atoms with van der Waals surface area (Å²) >= 11 is 0. The van der Waals surface area contributed by atoms with Gasteiger partial charge in [0, 0.05) is 51.9 Å². The van der Waals surface area contributed by atoms with Gasteiger partial charge in [0.1, 0.15) is 29.1 Å². The van der Waals surface area contributed by atoms with E-state index in [4.69, 9.17) is 0 Å². The van der Waals surface area contributed by atoms with Crippen LogP contribution in [0.4, 0.5) is 10.1 Å². The van der Waals surface area contributed by atoms with Crippen molar-refractivity contribution in [3.05, 3.63) is 69.9 Å². The van der Waals surface area contributed by atoms with E-state index in [0.29, 0.717) is 42.0 Å². The first kappa shape index (κ1) is 24.9. The second-order valence-corrected chi connectivity index (χ2v) is 9.98. The van der Waals surface area contributed by atoms with Crippen LogP contribution >= 0.6 is 0 Å². The molecule has 2 aliphatic heterocycles. The number of pyridine rings is 2. The number of aromatic nitrogens is 2. The van der Waals surface area contributed by atoms with Crippen LogP contribution < -0.4 is 10.5 Å². The number of fused-ring (bicyclic) bond motifs is 1. The Kier molecular flexibility index (Phi) is 6.94. The van der Waals surface area contributed by atoms with Crippen LogP contribution in [0.25, 0.3) is 11.0 Å². The van der Waals surface area contributed by atoms with E-state index < -0.39 is 6.04 Å². The molecule has 2 aliphatic rings. The summed E-state index contributed by atoms with van der Waals surface area (Å²) in [6.45, 7) is 5.30. The molecule has 2 aromatic heterocycles. The predicted octanol–water partition coefficient (Wildman–Crippen LogP) is 3.21. The lowest BCUT2D eigenvalue weighted by Crippen LogP contribution is -2.56. The van der Waals surface area contributed by atoms with Gasteiger partial charge in [-0.05, 0) is 56.0 Å². The van der Waals surface area contributed by atoms with Crippen molar-refractivity contribution < 1.29 is 9.18 Å². The lowest BCUT2D eigenvalue weighted by Gasteiger charge is -2.45. The monoisotopic (exact) mass is 502 g/mol. The maximum atomic E-state index is 13.8. The number of piperidine rings is 1. The quantitative estimate of drug-likeness (QED) is 0.545. The highest BCUT2D eigenvalue weighted by atomic mass is 19.1. The van der Waals surface area contributed by atoms with Crippen molar-refractivity contribution >= 4 is 22.6 Å². The van der Waals surface area contributed by atoms with Gasteiger partial charge in [-0.25, -0.2) is 9.37 Å². The average molecular weight is 503 g/mol. The highest BCUT2D eigenvalue weighted by Crippen LogP contribution is 2.31. The Morgan fingerprint density at radius 1 is 1.08 bits per heavy atom. The van der Waals surface area contributed by atoms with E-state index in [1.807, 2.05) is 4.90 Å². The van der Waals surface area contributed by atoms with Gasteiger partial charge < -0.3 is 14.4 Å². The topological polar surface area (TPSA) is 85.5 Å². The number of anilines is 1. The molecule has 8 nitrogen and oxygen atoms in total. The molecule has 1 aromatic carbocycles. The molecule has 0 N–H and O–H groups in total. The Morgan fingerprint density at radius 3 is 2.49 bits per heavy atom. The normalized spacial score (nSPS) is 19.6. The number of amides is 1. The van der Waals surface area contributed by atoms with Gasteiger partial charge in [-0.2, -0.15) is 5.26 Å². The van der Waals surface area contributed by atoms with Crippen molar-refractivity contribution in [2.45, 2.75) is 38.3 Å². The fraction of sp³-hybridized carbons (Fsp3) is 0.429. The smallest absolute Gasteiger partial charge is 0.252 e. The first-order chi connectivity index (χ1) is 17.9. The van der Waals surface area contributed by atoms with Crippen LogP contribution in [0.2, 0.25) is 0 Å². The average Bonchev–Trinajstić information content (AvgIpc) is 2.92. The van der Waals surface area contributed by atoms with Crippen LogP contribution in [-0.2, 0) is 11.8 Å². The third-order valence-corrected chi connectivity index (χ3v) is 7.60. The summed E-state index contributed by atoms with van der Waals surface area (Å²) in [4.78, 5) is 37.3. The number of likely N-dealkylation sites (tertiary alicyclic amines) is 1. The molecule has 9 heteroatoms. The fourth-order valence-corrected chi connectivity index (χ4v) is 5.61. The van der Waals surface area contributed by atoms with Crippen LogP contribution in [0.3, 0.4) is 0 Å². The number of rotatable bonds is 4. The number of carbonyl (C=O) groups is 1. The molecular formula is C28H31FN6O2. The molecule has 4 heterocycles. The Bertz CT molecular complexity index is 1410. The summed E-state index contributed by atoms with van der Waals surface area (Å²) in [6.07, 6.45) is 3.13. The van der Waals surface area contributed by atoms with Crippen molar-refractivity contribution in [2.75, 3.05) is 37.6 Å². The molecule has 0 bridgehead atoms. The van der Waals surface area contributed by atoms with Crippen LogP contribution in [-0.4, -0.2) is 64.0 Å². The molecule has 3 aromatic rings. The summed E-state index contributed by atoms with van der Waals surface area (Å²) in [5.41, 5.74) is 2.91. The third-order valence-electron chi connectivity index (χ3n) is 7.60. The Morgan fingerprint density at radius 2 is 1.81 bits per heavy atom. The standard InChI is InChI=1S/C28H31FN6O2/c1-19-18-34(27(20-6-8-21(29)9-7-20)28(37)33-12-4-3-5-13-33)14-15-35(19)24-16-25(36)32(2)23-11-10-22(17-30)31-26(23)24/h6-11,16,19,27H,3-5,12-15,18H2,1-2H3. The minimum Gasteiger partial charge on any atom is -0.364 e. The summed E-state index contributed by atoms with van der Waals surface area (Å²) in [6, 6.07) is 12.8. The van der Waals surface area contributed by atoms with Crippen molar-refractivity contribution in [3.63, 3.8) is 0 Å². The highest BCUT2D eigenvalue weighted by Gasteiger charge is 2.36. The molecule has 2 saturated heterocycles. The van der Waals surface area contributed by atoms with Crippen LogP contribution in [0.5, 0.6) is 0 Å². The highest BCUT2D eigenvalue weighted by molar-refractivity contribution is 5.89. The van der Waals surface area contributed by atoms with E-state index >= 15 is 0 Å². The van der Waals surface area contributed by atoms with Crippen LogP contribution in [0.15, 0.2) is 47.3 Å². The summed E-state index contributed by atoms with van der Waals surface area (Å²) in [5, 5.41) is 9.39. The molecule has 192 valence electrons. The number of carbonyl (C=O) groups excluding carboxylic acids is 1. The largest absolute Gasteiger partial charge is 0.364 e. The van der Waals surface area contributed by atoms with E-state index in [1.165, 1.54) is 16.7 Å². The molecule has 1 amide bonds. The molecule has 0 aliphatic carbocycles. The molecule has 2 fully saturated rings. The van der Waals surface area contributed by atoms with Gasteiger partial charge in [0.25, 0.3) is 5.56 Å². The van der Waals surface area contributed by atoms with Gasteiger partial charge in [-0.1, -0.05) is 12.1 Å². The van der Waals surface area contributed by atoms with E-state index in [9.17, 15) is 19.2 Å². The molecule has 0 radical (unpaired) electrons. The van der Waals surface area contributed by atoms with Crippen molar-refractivity contribution in [1.82, 2.24) is 19.4 Å². The number of benzene rings is 1. The number of piperazine rings is 1. The van der Waals surface area contributed by atoms with E-state index in [2.05, 4.69) is 27.8 Å². The minimum absolute atomic E-state index is 0.0336. The molecule has 0 spiro atoms. The zero-order valence-electron chi connectivity index (χ0n) is 21.2. The Balaban J connectivity index is 1.47. The van der Waals surface area contributed by atoms with E-state index in [-0.39, 0.29) is 23.3 Å². The minimum atomic E-state index is -0.494. The first-order valence-corrected chi connectivity index (χ1v) is 12.8. The Hall–Kier alpha value is -3.77. The molecular weight excluding hydrogens is 471 g/mol. The summed E-state index contributed by atoms with van der Waals surface area (Å²) < 4.78 is 15.3. The van der Waals surface area contributed by atoms with Gasteiger partial charge in [-0.15, -0.1) is 0 Å². The fourth-order valence-electron chi connectivity index (χ4n) is 5.61. The first-order valence-electron chi connectivity index (χ1n) is 12.8.